The number of nitrogens with one attached hydrogen (secondary N) is 3. The first kappa shape index (κ1) is 22.6. The van der Waals surface area contributed by atoms with Gasteiger partial charge in [-0.3, -0.25) is 14.8 Å². The van der Waals surface area contributed by atoms with Crippen LogP contribution in [0.5, 0.6) is 0 Å². The predicted molar refractivity (Wildman–Crippen MR) is 110 cm³/mol. The van der Waals surface area contributed by atoms with Crippen molar-refractivity contribution in [1.82, 2.24) is 10.6 Å². The summed E-state index contributed by atoms with van der Waals surface area (Å²) in [6, 6.07) is 11.2. The molecule has 0 fully saturated rings. The molecule has 0 saturated carbocycles. The quantitative estimate of drug-likeness (QED) is 0.433. The number of ether oxygens (including phenoxy) is 1. The van der Waals surface area contributed by atoms with Crippen LogP contribution in [0.4, 0.5) is 10.5 Å². The molecule has 3 amide bonds. The molecule has 2 rings (SSSR count). The van der Waals surface area contributed by atoms with E-state index in [0.29, 0.717) is 5.69 Å². The summed E-state index contributed by atoms with van der Waals surface area (Å²) in [5.74, 6) is -1.75. The average molecular weight is 431 g/mol. The molecule has 0 aliphatic rings. The third-order valence-corrected chi connectivity index (χ3v) is 5.02. The van der Waals surface area contributed by atoms with Gasteiger partial charge in [0, 0.05) is 12.2 Å². The highest BCUT2D eigenvalue weighted by Crippen LogP contribution is 2.18. The van der Waals surface area contributed by atoms with E-state index in [9.17, 15) is 22.8 Å². The van der Waals surface area contributed by atoms with Crippen LogP contribution in [-0.2, 0) is 19.6 Å². The highest BCUT2D eigenvalue weighted by atomic mass is 32.2. The van der Waals surface area contributed by atoms with Crippen molar-refractivity contribution in [1.29, 1.82) is 0 Å². The molecule has 2 aromatic rings. The summed E-state index contributed by atoms with van der Waals surface area (Å²) in [5.41, 5.74) is 1.20. The Morgan fingerprint density at radius 1 is 1.10 bits per heavy atom. The lowest BCUT2D eigenvalue weighted by atomic mass is 10.2. The highest BCUT2D eigenvalue weighted by molar-refractivity contribution is 7.92. The number of anilines is 1. The van der Waals surface area contributed by atoms with E-state index in [1.54, 1.807) is 18.2 Å². The van der Waals surface area contributed by atoms with E-state index < -0.39 is 34.5 Å². The number of carbonyl (C=O) groups excluding carboxylic acids is 3. The molecule has 3 N–H and O–H groups in total. The van der Waals surface area contributed by atoms with Gasteiger partial charge in [0.1, 0.15) is 0 Å². The van der Waals surface area contributed by atoms with Crippen molar-refractivity contribution in [2.75, 3.05) is 17.9 Å². The van der Waals surface area contributed by atoms with Gasteiger partial charge in [-0.15, -0.1) is 6.58 Å². The maximum atomic E-state index is 12.6. The standard InChI is InChI=1S/C20H21N3O6S/c1-3-10-21-20(26)22-18(24)13-29-19(25)15-7-5-9-17(12-15)30(27,28)23-16-8-4-6-14(2)11-16/h3-9,11-12,23H,1,10,13H2,2H3,(H2,21,22,24,26). The Balaban J connectivity index is 2.01. The molecule has 30 heavy (non-hydrogen) atoms. The lowest BCUT2D eigenvalue weighted by Crippen LogP contribution is -2.41. The lowest BCUT2D eigenvalue weighted by molar-refractivity contribution is -0.123. The van der Waals surface area contributed by atoms with Crippen LogP contribution in [0.25, 0.3) is 0 Å². The van der Waals surface area contributed by atoms with Crippen LogP contribution in [0.15, 0.2) is 66.1 Å². The van der Waals surface area contributed by atoms with Crippen LogP contribution in [0.2, 0.25) is 0 Å². The second-order valence-corrected chi connectivity index (χ2v) is 7.81. The second-order valence-electron chi connectivity index (χ2n) is 6.13. The Morgan fingerprint density at radius 3 is 2.53 bits per heavy atom. The third-order valence-electron chi connectivity index (χ3n) is 3.64. The molecule has 9 nitrogen and oxygen atoms in total. The molecule has 0 saturated heterocycles. The predicted octanol–water partition coefficient (Wildman–Crippen LogP) is 1.96. The molecule has 158 valence electrons. The maximum absolute atomic E-state index is 12.6. The smallest absolute Gasteiger partial charge is 0.338 e. The van der Waals surface area contributed by atoms with E-state index >= 15 is 0 Å². The summed E-state index contributed by atoms with van der Waals surface area (Å²) >= 11 is 0. The third kappa shape index (κ3) is 6.74. The molecule has 0 aliphatic carbocycles. The molecule has 0 aromatic heterocycles. The number of carbonyl (C=O) groups is 3. The summed E-state index contributed by atoms with van der Waals surface area (Å²) in [6.45, 7) is 4.69. The van der Waals surface area contributed by atoms with Crippen molar-refractivity contribution in [2.24, 2.45) is 0 Å². The van der Waals surface area contributed by atoms with Gasteiger partial charge in [0.2, 0.25) is 0 Å². The second kappa shape index (κ2) is 10.2. The number of hydrogen-bond donors (Lipinski definition) is 3. The van der Waals surface area contributed by atoms with E-state index in [-0.39, 0.29) is 17.0 Å². The molecule has 0 spiro atoms. The maximum Gasteiger partial charge on any atom is 0.338 e. The minimum Gasteiger partial charge on any atom is -0.452 e. The van der Waals surface area contributed by atoms with Gasteiger partial charge >= 0.3 is 12.0 Å². The van der Waals surface area contributed by atoms with Crippen LogP contribution in [-0.4, -0.2) is 39.5 Å². The number of aryl methyl sites for hydroxylation is 1. The van der Waals surface area contributed by atoms with Crippen molar-refractivity contribution in [3.05, 3.63) is 72.3 Å². The fourth-order valence-corrected chi connectivity index (χ4v) is 3.39. The number of esters is 1. The number of imide groups is 1. The molecule has 2 aromatic carbocycles. The van der Waals surface area contributed by atoms with Crippen molar-refractivity contribution in [2.45, 2.75) is 11.8 Å². The van der Waals surface area contributed by atoms with Crippen molar-refractivity contribution < 1.29 is 27.5 Å². The number of urea groups is 1. The molecule has 0 radical (unpaired) electrons. The Hall–Kier alpha value is -3.66. The van der Waals surface area contributed by atoms with E-state index in [4.69, 9.17) is 4.74 Å². The number of benzene rings is 2. The van der Waals surface area contributed by atoms with Gasteiger partial charge in [-0.05, 0) is 42.8 Å². The normalized spacial score (nSPS) is 10.6. The zero-order valence-electron chi connectivity index (χ0n) is 16.2. The highest BCUT2D eigenvalue weighted by Gasteiger charge is 2.18. The Labute approximate surface area is 174 Å². The molecular formula is C20H21N3O6S. The van der Waals surface area contributed by atoms with Crippen molar-refractivity contribution >= 4 is 33.6 Å². The minimum absolute atomic E-state index is 0.0639. The van der Waals surface area contributed by atoms with Gasteiger partial charge < -0.3 is 10.1 Å². The molecule has 0 heterocycles. The number of rotatable bonds is 8. The van der Waals surface area contributed by atoms with Crippen LogP contribution >= 0.6 is 0 Å². The lowest BCUT2D eigenvalue weighted by Gasteiger charge is -2.10. The van der Waals surface area contributed by atoms with Gasteiger partial charge in [0.25, 0.3) is 15.9 Å². The fourth-order valence-electron chi connectivity index (χ4n) is 2.30. The van der Waals surface area contributed by atoms with Crippen molar-refractivity contribution in [3.63, 3.8) is 0 Å². The largest absolute Gasteiger partial charge is 0.452 e. The summed E-state index contributed by atoms with van der Waals surface area (Å²) < 4.78 is 32.4. The van der Waals surface area contributed by atoms with E-state index in [1.807, 2.05) is 18.3 Å². The minimum atomic E-state index is -3.94. The Bertz CT molecular complexity index is 1070. The SMILES string of the molecule is C=CCNC(=O)NC(=O)COC(=O)c1cccc(S(=O)(=O)Nc2cccc(C)c2)c1. The van der Waals surface area contributed by atoms with E-state index in [1.165, 1.54) is 24.3 Å². The number of hydrogen-bond acceptors (Lipinski definition) is 6. The summed E-state index contributed by atoms with van der Waals surface area (Å²) in [6.07, 6.45) is 1.43. The monoisotopic (exact) mass is 431 g/mol. The van der Waals surface area contributed by atoms with E-state index in [0.717, 1.165) is 11.6 Å². The van der Waals surface area contributed by atoms with Gasteiger partial charge in [0.15, 0.2) is 6.61 Å². The molecule has 0 aliphatic heterocycles. The van der Waals surface area contributed by atoms with Crippen molar-refractivity contribution in [3.8, 4) is 0 Å². The summed E-state index contributed by atoms with van der Waals surface area (Å²) in [5, 5.41) is 4.30. The fraction of sp³-hybridized carbons (Fsp3) is 0.150. The first-order valence-electron chi connectivity index (χ1n) is 8.76. The van der Waals surface area contributed by atoms with Crippen LogP contribution < -0.4 is 15.4 Å². The van der Waals surface area contributed by atoms with Crippen LogP contribution in [0, 0.1) is 6.92 Å². The van der Waals surface area contributed by atoms with Gasteiger partial charge in [-0.1, -0.05) is 24.3 Å². The van der Waals surface area contributed by atoms with Gasteiger partial charge in [0.05, 0.1) is 10.5 Å². The summed E-state index contributed by atoms with van der Waals surface area (Å²) in [4.78, 5) is 35.0. The topological polar surface area (TPSA) is 131 Å². The van der Waals surface area contributed by atoms with Gasteiger partial charge in [-0.2, -0.15) is 0 Å². The first-order valence-corrected chi connectivity index (χ1v) is 10.2. The zero-order chi connectivity index (χ0) is 22.1. The molecule has 0 unspecified atom stereocenters. The molecule has 10 heteroatoms. The summed E-state index contributed by atoms with van der Waals surface area (Å²) in [7, 11) is -3.94. The number of sulfonamides is 1. The van der Waals surface area contributed by atoms with Crippen LogP contribution in [0.3, 0.4) is 0 Å². The number of amides is 3. The van der Waals surface area contributed by atoms with Crippen LogP contribution in [0.1, 0.15) is 15.9 Å². The molecular weight excluding hydrogens is 410 g/mol. The molecule has 0 atom stereocenters. The Morgan fingerprint density at radius 2 is 1.83 bits per heavy atom. The first-order chi connectivity index (χ1) is 14.2. The molecule has 0 bridgehead atoms. The Kier molecular flexibility index (Phi) is 7.70. The zero-order valence-corrected chi connectivity index (χ0v) is 17.0. The van der Waals surface area contributed by atoms with Gasteiger partial charge in [-0.25, -0.2) is 18.0 Å². The average Bonchev–Trinajstić information content (AvgIpc) is 2.70. The van der Waals surface area contributed by atoms with E-state index in [2.05, 4.69) is 16.6 Å².